The number of fused-ring (bicyclic) bond motifs is 2. The van der Waals surface area contributed by atoms with Crippen LogP contribution in [0.4, 0.5) is 0 Å². The first-order valence-corrected chi connectivity index (χ1v) is 11.8. The monoisotopic (exact) mass is 416 g/mol. The van der Waals surface area contributed by atoms with E-state index in [0.717, 1.165) is 70.7 Å². The summed E-state index contributed by atoms with van der Waals surface area (Å²) in [6.45, 7) is 7.23. The highest BCUT2D eigenvalue weighted by molar-refractivity contribution is 5.80. The van der Waals surface area contributed by atoms with Crippen molar-refractivity contribution in [2.24, 2.45) is 16.3 Å². The molecular weight excluding hydrogens is 380 g/mol. The molecule has 3 heterocycles. The van der Waals surface area contributed by atoms with Gasteiger partial charge in [0.15, 0.2) is 5.96 Å². The summed E-state index contributed by atoms with van der Waals surface area (Å²) in [6, 6.07) is 4.47. The van der Waals surface area contributed by atoms with Gasteiger partial charge in [0.2, 0.25) is 0 Å². The molecule has 0 aromatic carbocycles. The minimum atomic E-state index is 0.328. The summed E-state index contributed by atoms with van der Waals surface area (Å²) >= 11 is 0. The van der Waals surface area contributed by atoms with Crippen LogP contribution in [0, 0.1) is 11.3 Å². The maximum Gasteiger partial charge on any atom is 0.191 e. The number of ether oxygens (including phenoxy) is 2. The number of aliphatic imine (C=N–C) groups is 1. The van der Waals surface area contributed by atoms with Gasteiger partial charge in [0.05, 0.1) is 32.1 Å². The normalized spacial score (nSPS) is 30.9. The molecular formula is C23H36N4O3. The third kappa shape index (κ3) is 4.12. The summed E-state index contributed by atoms with van der Waals surface area (Å²) in [4.78, 5) is 7.41. The topological polar surface area (TPSA) is 71.3 Å². The van der Waals surface area contributed by atoms with Gasteiger partial charge in [-0.15, -0.1) is 0 Å². The van der Waals surface area contributed by atoms with E-state index in [1.54, 1.807) is 6.26 Å². The highest BCUT2D eigenvalue weighted by Gasteiger charge is 2.65. The maximum atomic E-state index is 6.16. The number of nitrogens with one attached hydrogen (secondary N) is 2. The molecule has 30 heavy (non-hydrogen) atoms. The highest BCUT2D eigenvalue weighted by atomic mass is 16.5. The van der Waals surface area contributed by atoms with Gasteiger partial charge in [-0.2, -0.15) is 0 Å². The van der Waals surface area contributed by atoms with Crippen molar-refractivity contribution in [3.63, 3.8) is 0 Å². The molecule has 7 nitrogen and oxygen atoms in total. The van der Waals surface area contributed by atoms with E-state index in [9.17, 15) is 0 Å². The fourth-order valence-electron chi connectivity index (χ4n) is 6.09. The van der Waals surface area contributed by atoms with Gasteiger partial charge >= 0.3 is 0 Å². The Bertz CT molecular complexity index is 695. The lowest BCUT2D eigenvalue weighted by molar-refractivity contribution is -0.125. The summed E-state index contributed by atoms with van der Waals surface area (Å²) in [5, 5.41) is 7.44. The fraction of sp³-hybridized carbons (Fsp3) is 0.783. The number of furan rings is 1. The van der Waals surface area contributed by atoms with Crippen LogP contribution in [-0.4, -0.2) is 75.5 Å². The van der Waals surface area contributed by atoms with E-state index < -0.39 is 0 Å². The first-order valence-electron chi connectivity index (χ1n) is 11.8. The number of hydrogen-bond donors (Lipinski definition) is 2. The van der Waals surface area contributed by atoms with Crippen molar-refractivity contribution in [2.75, 3.05) is 52.5 Å². The molecule has 4 aliphatic rings. The number of hydrogen-bond acceptors (Lipinski definition) is 5. The molecule has 0 bridgehead atoms. The summed E-state index contributed by atoms with van der Waals surface area (Å²) in [7, 11) is 0. The lowest BCUT2D eigenvalue weighted by Gasteiger charge is -2.57. The Labute approximate surface area is 179 Å². The Kier molecular flexibility index (Phi) is 6.29. The maximum absolute atomic E-state index is 6.16. The Morgan fingerprint density at radius 3 is 2.87 bits per heavy atom. The molecule has 2 saturated heterocycles. The Morgan fingerprint density at radius 2 is 2.07 bits per heavy atom. The van der Waals surface area contributed by atoms with E-state index in [1.165, 1.54) is 32.1 Å². The van der Waals surface area contributed by atoms with Crippen LogP contribution in [0.5, 0.6) is 0 Å². The first kappa shape index (κ1) is 20.3. The van der Waals surface area contributed by atoms with Gasteiger partial charge in [-0.25, -0.2) is 0 Å². The van der Waals surface area contributed by atoms with Crippen molar-refractivity contribution in [1.82, 2.24) is 15.5 Å². The van der Waals surface area contributed by atoms with E-state index in [4.69, 9.17) is 18.9 Å². The molecule has 0 amide bonds. The van der Waals surface area contributed by atoms with E-state index >= 15 is 0 Å². The Balaban J connectivity index is 1.22. The average molecular weight is 417 g/mol. The minimum Gasteiger partial charge on any atom is -0.469 e. The molecule has 1 spiro atoms. The zero-order chi connectivity index (χ0) is 20.2. The van der Waals surface area contributed by atoms with Crippen molar-refractivity contribution in [3.05, 3.63) is 24.2 Å². The molecule has 3 unspecified atom stereocenters. The van der Waals surface area contributed by atoms with Gasteiger partial charge in [-0.05, 0) is 31.4 Å². The predicted molar refractivity (Wildman–Crippen MR) is 116 cm³/mol. The summed E-state index contributed by atoms with van der Waals surface area (Å²) in [5.74, 6) is 2.60. The summed E-state index contributed by atoms with van der Waals surface area (Å²) < 4.78 is 17.1. The van der Waals surface area contributed by atoms with Crippen LogP contribution in [0.15, 0.2) is 27.8 Å². The van der Waals surface area contributed by atoms with Crippen molar-refractivity contribution >= 4 is 5.96 Å². The molecule has 1 aromatic rings. The number of rotatable bonds is 7. The molecule has 2 aliphatic heterocycles. The predicted octanol–water partition coefficient (Wildman–Crippen LogP) is 2.04. The van der Waals surface area contributed by atoms with Crippen LogP contribution >= 0.6 is 0 Å². The standard InChI is InChI=1S/C23H36N4O3/c1-2-8-23(7-1)20(19-6-15-30-21(19)23)26-22(24-9-5-18-4-3-14-29-18)25-10-11-27-12-16-28-17-13-27/h3-4,14,19-21H,1-2,5-13,15-17H2,(H2,24,25,26). The first-order chi connectivity index (χ1) is 14.9. The van der Waals surface area contributed by atoms with Crippen molar-refractivity contribution < 1.29 is 13.9 Å². The van der Waals surface area contributed by atoms with Gasteiger partial charge in [-0.3, -0.25) is 9.89 Å². The molecule has 4 fully saturated rings. The largest absolute Gasteiger partial charge is 0.469 e. The molecule has 0 radical (unpaired) electrons. The number of guanidine groups is 1. The molecule has 2 aliphatic carbocycles. The number of morpholine rings is 1. The van der Waals surface area contributed by atoms with Crippen LogP contribution in [0.3, 0.4) is 0 Å². The van der Waals surface area contributed by atoms with Crippen LogP contribution in [0.2, 0.25) is 0 Å². The van der Waals surface area contributed by atoms with Gasteiger partial charge in [-0.1, -0.05) is 12.8 Å². The molecule has 166 valence electrons. The molecule has 1 aromatic heterocycles. The molecule has 2 N–H and O–H groups in total. The van der Waals surface area contributed by atoms with Crippen molar-refractivity contribution in [2.45, 2.75) is 50.7 Å². The third-order valence-electron chi connectivity index (χ3n) is 7.61. The van der Waals surface area contributed by atoms with E-state index in [0.29, 0.717) is 23.5 Å². The van der Waals surface area contributed by atoms with E-state index in [2.05, 4.69) is 15.5 Å². The fourth-order valence-corrected chi connectivity index (χ4v) is 6.09. The van der Waals surface area contributed by atoms with Gasteiger partial charge < -0.3 is 24.5 Å². The Morgan fingerprint density at radius 1 is 1.20 bits per heavy atom. The van der Waals surface area contributed by atoms with Crippen molar-refractivity contribution in [1.29, 1.82) is 0 Å². The van der Waals surface area contributed by atoms with Crippen LogP contribution < -0.4 is 10.6 Å². The summed E-state index contributed by atoms with van der Waals surface area (Å²) in [6.07, 6.45) is 9.50. The quantitative estimate of drug-likeness (QED) is 0.524. The smallest absolute Gasteiger partial charge is 0.191 e. The third-order valence-corrected chi connectivity index (χ3v) is 7.61. The second-order valence-corrected chi connectivity index (χ2v) is 9.25. The lowest BCUT2D eigenvalue weighted by Crippen LogP contribution is -2.69. The second kappa shape index (κ2) is 9.28. The van der Waals surface area contributed by atoms with E-state index in [1.807, 2.05) is 12.1 Å². The van der Waals surface area contributed by atoms with Gasteiger partial charge in [0.25, 0.3) is 0 Å². The zero-order valence-electron chi connectivity index (χ0n) is 18.0. The minimum absolute atomic E-state index is 0.328. The van der Waals surface area contributed by atoms with Gasteiger partial charge in [0, 0.05) is 56.6 Å². The highest BCUT2D eigenvalue weighted by Crippen LogP contribution is 2.60. The second-order valence-electron chi connectivity index (χ2n) is 9.25. The molecule has 7 heteroatoms. The Hall–Kier alpha value is -1.57. The molecule has 2 saturated carbocycles. The number of nitrogens with zero attached hydrogens (tertiary/aromatic N) is 2. The SMILES string of the molecule is c1coc(CCNC(=NCCN2CCOCC2)NC2C3CCOC3C23CCCC3)c1. The molecule has 5 rings (SSSR count). The average Bonchev–Trinajstić information content (AvgIpc) is 3.53. The zero-order valence-corrected chi connectivity index (χ0v) is 18.0. The lowest BCUT2D eigenvalue weighted by atomic mass is 9.54. The van der Waals surface area contributed by atoms with E-state index in [-0.39, 0.29) is 0 Å². The van der Waals surface area contributed by atoms with Crippen molar-refractivity contribution in [3.8, 4) is 0 Å². The van der Waals surface area contributed by atoms with Crippen LogP contribution in [0.1, 0.15) is 37.9 Å². The summed E-state index contributed by atoms with van der Waals surface area (Å²) in [5.41, 5.74) is 0.328. The van der Waals surface area contributed by atoms with Gasteiger partial charge in [0.1, 0.15) is 5.76 Å². The van der Waals surface area contributed by atoms with Crippen LogP contribution in [0.25, 0.3) is 0 Å². The molecule has 3 atom stereocenters. The van der Waals surface area contributed by atoms with Crippen LogP contribution in [-0.2, 0) is 15.9 Å².